The Morgan fingerprint density at radius 2 is 2.27 bits per heavy atom. The van der Waals surface area contributed by atoms with Crippen molar-refractivity contribution in [3.63, 3.8) is 0 Å². The zero-order valence-corrected chi connectivity index (χ0v) is 7.18. The number of rotatable bonds is 3. The van der Waals surface area contributed by atoms with E-state index in [1.54, 1.807) is 0 Å². The van der Waals surface area contributed by atoms with Gasteiger partial charge in [0.05, 0.1) is 0 Å². The summed E-state index contributed by atoms with van der Waals surface area (Å²) in [6.07, 6.45) is 6.22. The first-order valence-corrected chi connectivity index (χ1v) is 4.75. The molecule has 2 heteroatoms. The molecule has 1 heterocycles. The topological polar surface area (TPSA) is 32.3 Å². The largest absolute Gasteiger partial charge is 0.396 e. The molecular formula is C9H19NO. The van der Waals surface area contributed by atoms with Crippen molar-refractivity contribution in [2.24, 2.45) is 5.92 Å². The van der Waals surface area contributed by atoms with Gasteiger partial charge in [-0.25, -0.2) is 0 Å². The Morgan fingerprint density at radius 1 is 1.36 bits per heavy atom. The summed E-state index contributed by atoms with van der Waals surface area (Å²) in [6, 6.07) is 0. The summed E-state index contributed by atoms with van der Waals surface area (Å²) in [5, 5.41) is 12.1. The molecule has 0 saturated carbocycles. The Morgan fingerprint density at radius 3 is 3.09 bits per heavy atom. The molecule has 0 bridgehead atoms. The van der Waals surface area contributed by atoms with Crippen molar-refractivity contribution >= 4 is 0 Å². The van der Waals surface area contributed by atoms with Gasteiger partial charge in [0.15, 0.2) is 0 Å². The van der Waals surface area contributed by atoms with Crippen LogP contribution >= 0.6 is 0 Å². The third kappa shape index (κ3) is 3.73. The van der Waals surface area contributed by atoms with Gasteiger partial charge in [-0.1, -0.05) is 6.42 Å². The maximum absolute atomic E-state index is 8.65. The molecule has 1 atom stereocenters. The van der Waals surface area contributed by atoms with Gasteiger partial charge in [-0.3, -0.25) is 0 Å². The van der Waals surface area contributed by atoms with Crippen molar-refractivity contribution < 1.29 is 5.11 Å². The Balaban J connectivity index is 2.09. The molecule has 0 amide bonds. The molecule has 11 heavy (non-hydrogen) atoms. The predicted octanol–water partition coefficient (Wildman–Crippen LogP) is 1.15. The van der Waals surface area contributed by atoms with E-state index in [9.17, 15) is 0 Å². The van der Waals surface area contributed by atoms with Crippen molar-refractivity contribution in [1.29, 1.82) is 0 Å². The molecule has 0 aromatic carbocycles. The fourth-order valence-electron chi connectivity index (χ4n) is 1.72. The average Bonchev–Trinajstić information content (AvgIpc) is 2.28. The van der Waals surface area contributed by atoms with E-state index < -0.39 is 0 Å². The lowest BCUT2D eigenvalue weighted by molar-refractivity contribution is 0.268. The van der Waals surface area contributed by atoms with E-state index in [1.807, 2.05) is 0 Å². The quantitative estimate of drug-likeness (QED) is 0.644. The molecule has 1 aliphatic heterocycles. The van der Waals surface area contributed by atoms with Gasteiger partial charge in [-0.2, -0.15) is 0 Å². The van der Waals surface area contributed by atoms with Crippen LogP contribution in [0.25, 0.3) is 0 Å². The minimum absolute atomic E-state index is 0.358. The van der Waals surface area contributed by atoms with Gasteiger partial charge in [0.1, 0.15) is 0 Å². The van der Waals surface area contributed by atoms with E-state index >= 15 is 0 Å². The molecular weight excluding hydrogens is 138 g/mol. The second-order valence-corrected chi connectivity index (χ2v) is 3.43. The molecule has 0 aliphatic carbocycles. The predicted molar refractivity (Wildman–Crippen MR) is 46.5 cm³/mol. The van der Waals surface area contributed by atoms with Crippen molar-refractivity contribution in [3.8, 4) is 0 Å². The molecule has 1 aliphatic rings. The molecule has 0 spiro atoms. The zero-order chi connectivity index (χ0) is 7.94. The van der Waals surface area contributed by atoms with Crippen LogP contribution in [0.2, 0.25) is 0 Å². The fourth-order valence-corrected chi connectivity index (χ4v) is 1.72. The molecule has 0 aromatic rings. The maximum Gasteiger partial charge on any atom is 0.0431 e. The Labute approximate surface area is 69.0 Å². The highest BCUT2D eigenvalue weighted by Crippen LogP contribution is 2.15. The molecule has 1 fully saturated rings. The monoisotopic (exact) mass is 157 g/mol. The standard InChI is InChI=1S/C9H19NO/c11-7-3-5-9-4-1-2-6-10-8-9/h9-11H,1-8H2. The molecule has 0 radical (unpaired) electrons. The first-order valence-electron chi connectivity index (χ1n) is 4.75. The van der Waals surface area contributed by atoms with Gasteiger partial charge < -0.3 is 10.4 Å². The minimum Gasteiger partial charge on any atom is -0.396 e. The number of aliphatic hydroxyl groups is 1. The van der Waals surface area contributed by atoms with E-state index in [-0.39, 0.29) is 0 Å². The minimum atomic E-state index is 0.358. The average molecular weight is 157 g/mol. The van der Waals surface area contributed by atoms with Gasteiger partial charge in [0, 0.05) is 6.61 Å². The van der Waals surface area contributed by atoms with E-state index in [2.05, 4.69) is 5.32 Å². The van der Waals surface area contributed by atoms with Crippen LogP contribution < -0.4 is 5.32 Å². The Hall–Kier alpha value is -0.0800. The summed E-state index contributed by atoms with van der Waals surface area (Å²) in [4.78, 5) is 0. The number of aliphatic hydroxyl groups excluding tert-OH is 1. The number of hydrogen-bond donors (Lipinski definition) is 2. The van der Waals surface area contributed by atoms with E-state index in [1.165, 1.54) is 38.8 Å². The lowest BCUT2D eigenvalue weighted by Gasteiger charge is -2.12. The maximum atomic E-state index is 8.65. The third-order valence-electron chi connectivity index (χ3n) is 2.42. The molecule has 1 saturated heterocycles. The summed E-state index contributed by atoms with van der Waals surface area (Å²) in [5.41, 5.74) is 0. The van der Waals surface area contributed by atoms with Crippen LogP contribution in [0, 0.1) is 5.92 Å². The summed E-state index contributed by atoms with van der Waals surface area (Å²) in [6.45, 7) is 2.71. The fraction of sp³-hybridized carbons (Fsp3) is 1.00. The number of hydrogen-bond acceptors (Lipinski definition) is 2. The lowest BCUT2D eigenvalue weighted by Crippen LogP contribution is -2.20. The Bertz CT molecular complexity index is 87.6. The normalized spacial score (nSPS) is 26.5. The Kier molecular flexibility index (Phi) is 4.55. The molecule has 1 rings (SSSR count). The highest BCUT2D eigenvalue weighted by Gasteiger charge is 2.10. The summed E-state index contributed by atoms with van der Waals surface area (Å²) >= 11 is 0. The van der Waals surface area contributed by atoms with Crippen molar-refractivity contribution in [1.82, 2.24) is 5.32 Å². The van der Waals surface area contributed by atoms with Crippen LogP contribution in [0.1, 0.15) is 32.1 Å². The highest BCUT2D eigenvalue weighted by atomic mass is 16.2. The van der Waals surface area contributed by atoms with Gasteiger partial charge in [-0.05, 0) is 44.7 Å². The SMILES string of the molecule is OCCCC1CCCCNC1. The van der Waals surface area contributed by atoms with Crippen molar-refractivity contribution in [3.05, 3.63) is 0 Å². The second-order valence-electron chi connectivity index (χ2n) is 3.43. The second kappa shape index (κ2) is 5.56. The molecule has 0 aromatic heterocycles. The number of nitrogens with one attached hydrogen (secondary N) is 1. The highest BCUT2D eigenvalue weighted by molar-refractivity contribution is 4.66. The van der Waals surface area contributed by atoms with Crippen LogP contribution in [0.4, 0.5) is 0 Å². The summed E-state index contributed by atoms with van der Waals surface area (Å²) in [5.74, 6) is 0.824. The van der Waals surface area contributed by atoms with Crippen molar-refractivity contribution in [2.75, 3.05) is 19.7 Å². The smallest absolute Gasteiger partial charge is 0.0431 e. The van der Waals surface area contributed by atoms with Crippen LogP contribution in [0.3, 0.4) is 0 Å². The first kappa shape index (κ1) is 9.01. The molecule has 2 nitrogen and oxygen atoms in total. The molecule has 2 N–H and O–H groups in total. The van der Waals surface area contributed by atoms with Gasteiger partial charge >= 0.3 is 0 Å². The van der Waals surface area contributed by atoms with E-state index in [4.69, 9.17) is 5.11 Å². The van der Waals surface area contributed by atoms with E-state index in [0.29, 0.717) is 6.61 Å². The zero-order valence-electron chi connectivity index (χ0n) is 7.18. The van der Waals surface area contributed by atoms with Crippen LogP contribution in [0.15, 0.2) is 0 Å². The van der Waals surface area contributed by atoms with Gasteiger partial charge in [0.2, 0.25) is 0 Å². The van der Waals surface area contributed by atoms with Gasteiger partial charge in [-0.15, -0.1) is 0 Å². The molecule has 66 valence electrons. The van der Waals surface area contributed by atoms with Gasteiger partial charge in [0.25, 0.3) is 0 Å². The third-order valence-corrected chi connectivity index (χ3v) is 2.42. The van der Waals surface area contributed by atoms with Crippen LogP contribution in [0.5, 0.6) is 0 Å². The van der Waals surface area contributed by atoms with Crippen molar-refractivity contribution in [2.45, 2.75) is 32.1 Å². The van der Waals surface area contributed by atoms with E-state index in [0.717, 1.165) is 12.3 Å². The first-order chi connectivity index (χ1) is 5.43. The summed E-state index contributed by atoms with van der Waals surface area (Å²) < 4.78 is 0. The van der Waals surface area contributed by atoms with Crippen LogP contribution in [-0.2, 0) is 0 Å². The molecule has 1 unspecified atom stereocenters. The summed E-state index contributed by atoms with van der Waals surface area (Å²) in [7, 11) is 0. The lowest BCUT2D eigenvalue weighted by atomic mass is 9.98. The van der Waals surface area contributed by atoms with Crippen LogP contribution in [-0.4, -0.2) is 24.8 Å².